The number of aliphatic hydroxyl groups is 1. The van der Waals surface area contributed by atoms with Crippen LogP contribution in [0.3, 0.4) is 0 Å². The van der Waals surface area contributed by atoms with Crippen LogP contribution in [-0.2, 0) is 16.1 Å². The first-order valence-electron chi connectivity index (χ1n) is 7.15. The summed E-state index contributed by atoms with van der Waals surface area (Å²) in [6.07, 6.45) is 1.32. The average molecular weight is 307 g/mol. The molecule has 1 aromatic rings. The van der Waals surface area contributed by atoms with Gasteiger partial charge < -0.3 is 14.7 Å². The smallest absolute Gasteiger partial charge is 0.228 e. The van der Waals surface area contributed by atoms with Gasteiger partial charge in [0.05, 0.1) is 25.2 Å². The van der Waals surface area contributed by atoms with Crippen LogP contribution in [0, 0.1) is 17.8 Å². The second-order valence-electron chi connectivity index (χ2n) is 5.24. The lowest BCUT2D eigenvalue weighted by molar-refractivity contribution is -0.136. The molecule has 2 heterocycles. The molecule has 0 aromatic carbocycles. The van der Waals surface area contributed by atoms with Crippen LogP contribution in [0.25, 0.3) is 0 Å². The lowest BCUT2D eigenvalue weighted by Crippen LogP contribution is -2.35. The molecule has 0 radical (unpaired) electrons. The van der Waals surface area contributed by atoms with E-state index in [1.165, 1.54) is 0 Å². The lowest BCUT2D eigenvalue weighted by atomic mass is 10.0. The minimum absolute atomic E-state index is 0.0150. The maximum absolute atomic E-state index is 12.4. The zero-order valence-electron chi connectivity index (χ0n) is 12.5. The van der Waals surface area contributed by atoms with Gasteiger partial charge in [0, 0.05) is 35.9 Å². The highest BCUT2D eigenvalue weighted by atomic mass is 32.1. The van der Waals surface area contributed by atoms with E-state index in [-0.39, 0.29) is 24.5 Å². The lowest BCUT2D eigenvalue weighted by Gasteiger charge is -2.22. The monoisotopic (exact) mass is 307 g/mol. The summed E-state index contributed by atoms with van der Waals surface area (Å²) >= 11 is 1.61. The number of carbonyl (C=O) groups is 1. The van der Waals surface area contributed by atoms with E-state index in [0.717, 1.165) is 16.9 Å². The number of aliphatic hydroxyl groups excluding tert-OH is 1. The number of nitrogens with zero attached hydrogens (tertiary/aromatic N) is 1. The highest BCUT2D eigenvalue weighted by Gasteiger charge is 2.32. The van der Waals surface area contributed by atoms with Gasteiger partial charge in [-0.2, -0.15) is 0 Å². The van der Waals surface area contributed by atoms with E-state index >= 15 is 0 Å². The molecule has 0 aliphatic carbocycles. The molecule has 2 unspecified atom stereocenters. The van der Waals surface area contributed by atoms with Gasteiger partial charge in [-0.1, -0.05) is 11.8 Å². The van der Waals surface area contributed by atoms with Gasteiger partial charge in [-0.25, -0.2) is 0 Å². The van der Waals surface area contributed by atoms with Crippen molar-refractivity contribution in [1.82, 2.24) is 4.90 Å². The summed E-state index contributed by atoms with van der Waals surface area (Å²) in [5.74, 6) is 6.05. The number of thiophene rings is 1. The van der Waals surface area contributed by atoms with Gasteiger partial charge in [0.15, 0.2) is 0 Å². The van der Waals surface area contributed by atoms with E-state index in [0.29, 0.717) is 19.6 Å². The normalized spacial score (nSPS) is 20.9. The summed E-state index contributed by atoms with van der Waals surface area (Å²) in [6, 6.07) is 2.01. The number of ether oxygens (including phenoxy) is 1. The first-order valence-corrected chi connectivity index (χ1v) is 8.03. The quantitative estimate of drug-likeness (QED) is 0.864. The van der Waals surface area contributed by atoms with Crippen molar-refractivity contribution in [2.24, 2.45) is 5.92 Å². The van der Waals surface area contributed by atoms with E-state index < -0.39 is 0 Å². The standard InChI is InChI=1S/C16H21NO3S/c1-12-15(6-8-20-12)16(19)17(2)10-14-9-13(11-21-14)5-3-4-7-18/h9,11-12,15,18H,4,6-8,10H2,1-2H3. The van der Waals surface area contributed by atoms with Crippen LogP contribution >= 0.6 is 11.3 Å². The SMILES string of the molecule is CC1OCCC1C(=O)N(C)Cc1cc(C#CCCO)cs1. The Balaban J connectivity index is 1.92. The highest BCUT2D eigenvalue weighted by molar-refractivity contribution is 7.10. The molecule has 21 heavy (non-hydrogen) atoms. The molecular weight excluding hydrogens is 286 g/mol. The summed E-state index contributed by atoms with van der Waals surface area (Å²) in [5.41, 5.74) is 0.946. The van der Waals surface area contributed by atoms with Crippen LogP contribution < -0.4 is 0 Å². The van der Waals surface area contributed by atoms with Crippen molar-refractivity contribution in [3.05, 3.63) is 21.9 Å². The molecule has 1 N–H and O–H groups in total. The Labute approximate surface area is 129 Å². The van der Waals surface area contributed by atoms with Crippen LogP contribution in [0.4, 0.5) is 0 Å². The first-order chi connectivity index (χ1) is 10.1. The van der Waals surface area contributed by atoms with Gasteiger partial charge in [-0.05, 0) is 19.4 Å². The molecule has 0 bridgehead atoms. The second kappa shape index (κ2) is 7.60. The Hall–Kier alpha value is -1.35. The zero-order valence-corrected chi connectivity index (χ0v) is 13.3. The maximum atomic E-state index is 12.4. The molecule has 2 atom stereocenters. The minimum Gasteiger partial charge on any atom is -0.395 e. The number of hydrogen-bond acceptors (Lipinski definition) is 4. The highest BCUT2D eigenvalue weighted by Crippen LogP contribution is 2.24. The van der Waals surface area contributed by atoms with Gasteiger partial charge in [0.25, 0.3) is 0 Å². The molecule has 0 saturated carbocycles. The summed E-state index contributed by atoms with van der Waals surface area (Å²) < 4.78 is 5.46. The van der Waals surface area contributed by atoms with Gasteiger partial charge in [-0.3, -0.25) is 4.79 Å². The third-order valence-electron chi connectivity index (χ3n) is 3.59. The molecule has 1 aliphatic rings. The minimum atomic E-state index is -0.0150. The average Bonchev–Trinajstić information content (AvgIpc) is 3.07. The predicted molar refractivity (Wildman–Crippen MR) is 82.9 cm³/mol. The van der Waals surface area contributed by atoms with Crippen molar-refractivity contribution in [3.8, 4) is 11.8 Å². The van der Waals surface area contributed by atoms with Crippen molar-refractivity contribution in [2.45, 2.75) is 32.4 Å². The van der Waals surface area contributed by atoms with Crippen LogP contribution in [0.5, 0.6) is 0 Å². The predicted octanol–water partition coefficient (Wildman–Crippen LogP) is 1.87. The van der Waals surface area contributed by atoms with Gasteiger partial charge in [0.2, 0.25) is 5.91 Å². The fourth-order valence-electron chi connectivity index (χ4n) is 2.40. The molecule has 4 nitrogen and oxygen atoms in total. The molecule has 1 aromatic heterocycles. The largest absolute Gasteiger partial charge is 0.395 e. The Bertz CT molecular complexity index is 543. The Kier molecular flexibility index (Phi) is 5.80. The second-order valence-corrected chi connectivity index (χ2v) is 6.24. The zero-order chi connectivity index (χ0) is 15.2. The first kappa shape index (κ1) is 16.0. The van der Waals surface area contributed by atoms with E-state index in [9.17, 15) is 4.79 Å². The van der Waals surface area contributed by atoms with Crippen molar-refractivity contribution in [3.63, 3.8) is 0 Å². The molecule has 114 valence electrons. The molecule has 1 saturated heterocycles. The number of hydrogen-bond donors (Lipinski definition) is 1. The molecule has 1 amide bonds. The molecule has 5 heteroatoms. The van der Waals surface area contributed by atoms with Gasteiger partial charge in [-0.15, -0.1) is 11.3 Å². The Morgan fingerprint density at radius 1 is 1.62 bits per heavy atom. The topological polar surface area (TPSA) is 49.8 Å². The van der Waals surface area contributed by atoms with E-state index in [4.69, 9.17) is 9.84 Å². The fourth-order valence-corrected chi connectivity index (χ4v) is 3.27. The van der Waals surface area contributed by atoms with E-state index in [2.05, 4.69) is 11.8 Å². The van der Waals surface area contributed by atoms with Crippen LogP contribution in [0.2, 0.25) is 0 Å². The molecular formula is C16H21NO3S. The van der Waals surface area contributed by atoms with Gasteiger partial charge in [0.1, 0.15) is 0 Å². The Morgan fingerprint density at radius 2 is 2.43 bits per heavy atom. The van der Waals surface area contributed by atoms with Crippen molar-refractivity contribution < 1.29 is 14.6 Å². The third kappa shape index (κ3) is 4.31. The summed E-state index contributed by atoms with van der Waals surface area (Å²) in [4.78, 5) is 15.3. The molecule has 1 aliphatic heterocycles. The number of carbonyl (C=O) groups excluding carboxylic acids is 1. The van der Waals surface area contributed by atoms with Gasteiger partial charge >= 0.3 is 0 Å². The fraction of sp³-hybridized carbons (Fsp3) is 0.562. The van der Waals surface area contributed by atoms with E-state index in [1.807, 2.05) is 25.4 Å². The van der Waals surface area contributed by atoms with Crippen molar-refractivity contribution >= 4 is 17.2 Å². The summed E-state index contributed by atoms with van der Waals surface area (Å²) in [6.45, 7) is 3.33. The number of rotatable bonds is 4. The van der Waals surface area contributed by atoms with E-state index in [1.54, 1.807) is 16.2 Å². The summed E-state index contributed by atoms with van der Waals surface area (Å²) in [7, 11) is 1.84. The molecule has 1 fully saturated rings. The number of amides is 1. The molecule has 2 rings (SSSR count). The van der Waals surface area contributed by atoms with Crippen LogP contribution in [0.1, 0.15) is 30.2 Å². The maximum Gasteiger partial charge on any atom is 0.228 e. The van der Waals surface area contributed by atoms with Crippen molar-refractivity contribution in [1.29, 1.82) is 0 Å². The van der Waals surface area contributed by atoms with Crippen LogP contribution in [0.15, 0.2) is 11.4 Å². The van der Waals surface area contributed by atoms with Crippen molar-refractivity contribution in [2.75, 3.05) is 20.3 Å². The summed E-state index contributed by atoms with van der Waals surface area (Å²) in [5, 5.41) is 10.7. The Morgan fingerprint density at radius 3 is 3.10 bits per heavy atom. The van der Waals surface area contributed by atoms with Crippen LogP contribution in [-0.4, -0.2) is 42.3 Å². The molecule has 0 spiro atoms. The third-order valence-corrected chi connectivity index (χ3v) is 4.51.